The summed E-state index contributed by atoms with van der Waals surface area (Å²) in [7, 11) is 13.3. The van der Waals surface area contributed by atoms with Gasteiger partial charge < -0.3 is 28.4 Å². The third kappa shape index (κ3) is 23.9. The minimum atomic E-state index is -2.53. The zero-order valence-electron chi connectivity index (χ0n) is 90.4. The van der Waals surface area contributed by atoms with Gasteiger partial charge >= 0.3 is 0 Å². The molecule has 144 heavy (non-hydrogen) atoms. The summed E-state index contributed by atoms with van der Waals surface area (Å²) >= 11 is 0. The molecule has 1 unspecified atom stereocenters. The highest BCUT2D eigenvalue weighted by Crippen LogP contribution is 2.43. The second kappa shape index (κ2) is 41.9. The predicted molar refractivity (Wildman–Crippen MR) is 581 cm³/mol. The van der Waals surface area contributed by atoms with Crippen molar-refractivity contribution < 1.29 is 18.4 Å². The number of Topliss-reactive ketones (excluding diaryl/α,β-unsaturated/α-hetero) is 1. The first-order valence-electron chi connectivity index (χ1n) is 49.8. The van der Waals surface area contributed by atoms with Gasteiger partial charge in [0.15, 0.2) is 5.78 Å². The Balaban J connectivity index is 0.000000133. The van der Waals surface area contributed by atoms with Crippen molar-refractivity contribution in [3.8, 4) is 50.7 Å². The number of benzene rings is 6. The normalized spacial score (nSPS) is 13.9. The first-order chi connectivity index (χ1) is 67.6. The number of rotatable bonds is 10. The standard InChI is InChI=1S/C18H21F2N3.C18H25N3.C17H18N4.C17H21N3O.C17H23N3.C16H20N4.C15H18N2O/c1-11-6-12-7-14(13-9-21-22(5)10-13)15(17(19)20)8-16(12)23(11)18(2,3)4;1-13-9-16-14(7-6-8-17(16)18(2,3)4)11-21(13)15-10-19-20(5)12-15;1-11(2)21-12(3)5-13-6-16(14(8-18)7-17(13)21)15-9-19-20(4)10-15;1-17(2,3)15-7-5-6-12-10-20(16(21)8-14(12)15)13-9-18-19(4)11-13;1-17(2,3)16-7-5-6-13-11-20(9-8-15(13)16)14-10-18-19(4)12-14;1-11-6-12-7-14(13-8-18-19(5)10-13)17-9-15(12)20(11)16(2,3)4;1-15(2,3)14(18)12-7-5-11(6-8-12)13-9-16-17(4)10-13/h6-10,17H,1-5H3;6-8,10,12-13H,9,11H2,1-5H3;5-7,9-11H,1-4H3;5-7,9,11H,8,10H2,1-4H3;5-7,10,12H,8-9,11H2,1-4H3;6-10H,1-5H3;5-10H,1-4H3. The largest absolute Gasteiger partial charge is 0.364 e. The number of halogens is 2. The fourth-order valence-electron chi connectivity index (χ4n) is 20.4. The maximum absolute atomic E-state index is 13.6. The molecule has 11 aromatic heterocycles. The van der Waals surface area contributed by atoms with Gasteiger partial charge in [-0.25, -0.2) is 8.78 Å². The highest BCUT2D eigenvalue weighted by atomic mass is 19.3. The number of fused-ring (bicyclic) bond motifs is 6. The first kappa shape index (κ1) is 105. The number of hydrogen-bond donors (Lipinski definition) is 0. The Bertz CT molecular complexity index is 7490. The number of alkyl halides is 2. The minimum absolute atomic E-state index is 0.0501. The van der Waals surface area contributed by atoms with Gasteiger partial charge in [-0.15, -0.1) is 0 Å². The fraction of sp³-hybridized carbons (Fsp3) is 0.398. The van der Waals surface area contributed by atoms with Crippen LogP contribution in [0.25, 0.3) is 77.3 Å². The van der Waals surface area contributed by atoms with Crippen LogP contribution < -0.4 is 14.7 Å². The van der Waals surface area contributed by atoms with E-state index in [4.69, 9.17) is 0 Å². The van der Waals surface area contributed by atoms with E-state index in [1.807, 2.05) is 176 Å². The molecule has 1 amide bonds. The first-order valence-corrected chi connectivity index (χ1v) is 49.8. The van der Waals surface area contributed by atoms with Gasteiger partial charge in [0.2, 0.25) is 5.91 Å². The number of pyridine rings is 1. The van der Waals surface area contributed by atoms with E-state index in [9.17, 15) is 23.6 Å². The van der Waals surface area contributed by atoms with Crippen molar-refractivity contribution in [2.45, 2.75) is 251 Å². The van der Waals surface area contributed by atoms with E-state index in [2.05, 4.69) is 306 Å². The molecule has 0 saturated heterocycles. The number of nitriles is 1. The summed E-state index contributed by atoms with van der Waals surface area (Å²) in [6.07, 6.45) is 28.6. The number of anilines is 3. The van der Waals surface area contributed by atoms with E-state index in [-0.39, 0.29) is 50.0 Å². The zero-order valence-corrected chi connectivity index (χ0v) is 90.4. The van der Waals surface area contributed by atoms with Crippen molar-refractivity contribution in [3.63, 3.8) is 0 Å². The number of aromatic nitrogens is 18. The Morgan fingerprint density at radius 1 is 0.438 bits per heavy atom. The van der Waals surface area contributed by atoms with E-state index in [1.54, 1.807) is 72.4 Å². The number of carbonyl (C=O) groups excluding carboxylic acids is 2. The number of amides is 1. The molecule has 0 fully saturated rings. The zero-order chi connectivity index (χ0) is 105. The summed E-state index contributed by atoms with van der Waals surface area (Å²) in [6.45, 7) is 55.7. The van der Waals surface area contributed by atoms with Crippen LogP contribution >= 0.6 is 0 Å². The van der Waals surface area contributed by atoms with Crippen LogP contribution in [0.4, 0.5) is 25.8 Å². The summed E-state index contributed by atoms with van der Waals surface area (Å²) in [6, 6.07) is 47.0. The van der Waals surface area contributed by atoms with Gasteiger partial charge in [0, 0.05) is 224 Å². The third-order valence-electron chi connectivity index (χ3n) is 27.0. The van der Waals surface area contributed by atoms with Crippen LogP contribution in [0.1, 0.15) is 247 Å². The average Bonchev–Trinajstić information content (AvgIpc) is 1.61. The average molecular weight is 1940 g/mol. The van der Waals surface area contributed by atoms with Crippen LogP contribution in [-0.4, -0.2) is 111 Å². The summed E-state index contributed by atoms with van der Waals surface area (Å²) in [5, 5.41) is 42.3. The Morgan fingerprint density at radius 2 is 0.875 bits per heavy atom. The van der Waals surface area contributed by atoms with Gasteiger partial charge in [-0.2, -0.15) is 41.0 Å². The molecule has 26 heteroatoms. The molecular weight excluding hydrogens is 1800 g/mol. The monoisotopic (exact) mass is 1940 g/mol. The maximum atomic E-state index is 13.6. The Hall–Kier alpha value is -14.4. The Kier molecular flexibility index (Phi) is 30.7. The van der Waals surface area contributed by atoms with Crippen LogP contribution in [-0.2, 0) is 120 Å². The number of aryl methyl sites for hydroxylation is 10. The van der Waals surface area contributed by atoms with Gasteiger partial charge in [0.05, 0.1) is 102 Å². The smallest absolute Gasteiger partial charge is 0.264 e. The summed E-state index contributed by atoms with van der Waals surface area (Å²) in [5.74, 6) is 0.312. The van der Waals surface area contributed by atoms with Gasteiger partial charge in [-0.3, -0.25) is 47.3 Å². The predicted octanol–water partition coefficient (Wildman–Crippen LogP) is 25.4. The lowest BCUT2D eigenvalue weighted by Gasteiger charge is -2.38. The second-order valence-corrected chi connectivity index (χ2v) is 45.3. The van der Waals surface area contributed by atoms with Crippen LogP contribution in [0.5, 0.6) is 0 Å². The summed E-state index contributed by atoms with van der Waals surface area (Å²) < 4.78 is 46.4. The van der Waals surface area contributed by atoms with Crippen LogP contribution in [0.15, 0.2) is 220 Å². The molecule has 0 radical (unpaired) electrons. The Morgan fingerprint density at radius 3 is 1.35 bits per heavy atom. The van der Waals surface area contributed by atoms with Crippen LogP contribution in [0, 0.1) is 37.5 Å². The van der Waals surface area contributed by atoms with E-state index in [1.165, 1.54) is 78.0 Å². The SMILES string of the molecule is CC1Cc2c(cccc2C(C)(C)C)CN1c1cnn(C)c1.Cc1cc2cc(-c3cnn(C)c3)c(C#N)cc2n1C(C)C.Cc1cc2cc(-c3cnn(C)c3)c(C(F)F)cc2n1C(C)(C)C.Cc1cc2cc(-c3cnn(C)c3)ncc2n1C(C)(C)C.Cn1cc(-c2ccc(C(=O)C(C)(C)C)cc2)cn1.Cn1cc(N2CCc3c(cccc3C(C)(C)C)C2)cn1.Cn1cc(N2Cc3cccc(C(C)(C)C)c3CC2=O)cn1. The van der Waals surface area contributed by atoms with Crippen molar-refractivity contribution in [2.24, 2.45) is 54.7 Å². The van der Waals surface area contributed by atoms with Crippen molar-refractivity contribution in [1.29, 1.82) is 5.26 Å². The molecule has 1 atom stereocenters. The second-order valence-electron chi connectivity index (χ2n) is 45.3. The highest BCUT2D eigenvalue weighted by Gasteiger charge is 2.34. The van der Waals surface area contributed by atoms with E-state index < -0.39 is 6.43 Å². The molecule has 0 saturated carbocycles. The molecule has 20 rings (SSSR count). The lowest BCUT2D eigenvalue weighted by Crippen LogP contribution is -2.39. The van der Waals surface area contributed by atoms with E-state index in [0.29, 0.717) is 41.7 Å². The van der Waals surface area contributed by atoms with Gasteiger partial charge in [0.25, 0.3) is 6.43 Å². The molecule has 0 bridgehead atoms. The maximum Gasteiger partial charge on any atom is 0.264 e. The summed E-state index contributed by atoms with van der Waals surface area (Å²) in [4.78, 5) is 35.9. The van der Waals surface area contributed by atoms with E-state index in [0.717, 1.165) is 99.4 Å². The number of nitrogens with zero attached hydrogens (tertiary/aromatic N) is 22. The van der Waals surface area contributed by atoms with Gasteiger partial charge in [-0.05, 0) is 222 Å². The fourth-order valence-corrected chi connectivity index (χ4v) is 20.4. The number of ketones is 1. The van der Waals surface area contributed by atoms with Crippen molar-refractivity contribution >= 4 is 61.5 Å². The number of hydrogen-bond acceptors (Lipinski definition) is 13. The molecule has 0 spiro atoms. The molecule has 17 aromatic rings. The summed E-state index contributed by atoms with van der Waals surface area (Å²) in [5.41, 5.74) is 31.6. The van der Waals surface area contributed by atoms with Crippen LogP contribution in [0.3, 0.4) is 0 Å². The molecule has 6 aromatic carbocycles. The number of carbonyl (C=O) groups is 2. The molecule has 3 aliphatic heterocycles. The van der Waals surface area contributed by atoms with Crippen molar-refractivity contribution in [1.82, 2.24) is 87.1 Å². The van der Waals surface area contributed by atoms with Crippen molar-refractivity contribution in [2.75, 3.05) is 21.2 Å². The highest BCUT2D eigenvalue weighted by molar-refractivity contribution is 6.00. The topological polar surface area (TPSA) is 220 Å². The molecule has 0 N–H and O–H groups in total. The van der Waals surface area contributed by atoms with Crippen molar-refractivity contribution in [3.05, 3.63) is 304 Å². The molecule has 3 aliphatic rings. The minimum Gasteiger partial charge on any atom is -0.364 e. The van der Waals surface area contributed by atoms with Gasteiger partial charge in [0.1, 0.15) is 0 Å². The van der Waals surface area contributed by atoms with E-state index >= 15 is 0 Å². The lowest BCUT2D eigenvalue weighted by atomic mass is 9.79. The van der Waals surface area contributed by atoms with Crippen LogP contribution in [0.2, 0.25) is 0 Å². The molecule has 24 nitrogen and oxygen atoms in total. The van der Waals surface area contributed by atoms with Gasteiger partial charge in [-0.1, -0.05) is 162 Å². The quantitative estimate of drug-likeness (QED) is 0.116. The molecule has 754 valence electrons. The molecular formula is C118H146F2N22O2. The Labute approximate surface area is 849 Å². The molecule has 0 aliphatic carbocycles. The molecule has 14 heterocycles. The lowest BCUT2D eigenvalue weighted by molar-refractivity contribution is -0.118. The third-order valence-corrected chi connectivity index (χ3v) is 27.0.